The quantitative estimate of drug-likeness (QED) is 0.164. The number of aliphatic hydroxyl groups is 4. The van der Waals surface area contributed by atoms with E-state index >= 15 is 0 Å². The van der Waals surface area contributed by atoms with Crippen LogP contribution in [-0.2, 0) is 22.3 Å². The van der Waals surface area contributed by atoms with Crippen molar-refractivity contribution in [1.29, 1.82) is 0 Å². The van der Waals surface area contributed by atoms with Gasteiger partial charge in [-0.25, -0.2) is 9.59 Å². The lowest BCUT2D eigenvalue weighted by Crippen LogP contribution is -2.54. The highest BCUT2D eigenvalue weighted by molar-refractivity contribution is 5.68. The predicted molar refractivity (Wildman–Crippen MR) is 159 cm³/mol. The van der Waals surface area contributed by atoms with Gasteiger partial charge in [0.05, 0.1) is 30.9 Å². The molecule has 0 aliphatic rings. The van der Waals surface area contributed by atoms with Crippen molar-refractivity contribution in [1.82, 2.24) is 16.0 Å². The van der Waals surface area contributed by atoms with Crippen molar-refractivity contribution in [2.75, 3.05) is 19.7 Å². The maximum absolute atomic E-state index is 12.7. The summed E-state index contributed by atoms with van der Waals surface area (Å²) < 4.78 is 10.7. The van der Waals surface area contributed by atoms with Crippen LogP contribution in [0.2, 0.25) is 0 Å². The number of amides is 2. The molecule has 0 aromatic heterocycles. The number of benzene rings is 2. The lowest BCUT2D eigenvalue weighted by atomic mass is 10.00. The number of ether oxygens (including phenoxy) is 2. The minimum Gasteiger partial charge on any atom is -0.444 e. The fourth-order valence-corrected chi connectivity index (χ4v) is 4.13. The third-order valence-electron chi connectivity index (χ3n) is 6.57. The predicted octanol–water partition coefficient (Wildman–Crippen LogP) is 1.90. The monoisotopic (exact) mass is 589 g/mol. The maximum Gasteiger partial charge on any atom is 0.408 e. The zero-order valence-corrected chi connectivity index (χ0v) is 25.1. The topological polar surface area (TPSA) is 170 Å². The Morgan fingerprint density at radius 1 is 0.714 bits per heavy atom. The van der Waals surface area contributed by atoms with E-state index < -0.39 is 60.4 Å². The fraction of sp³-hybridized carbons (Fsp3) is 0.548. The first kappa shape index (κ1) is 35.0. The molecule has 0 saturated heterocycles. The minimum atomic E-state index is -1.36. The van der Waals surface area contributed by atoms with E-state index in [0.717, 1.165) is 11.1 Å². The number of carbonyl (C=O) groups is 2. The number of nitrogens with one attached hydrogen (secondary N) is 3. The number of hydrogen-bond acceptors (Lipinski definition) is 9. The second kappa shape index (κ2) is 16.4. The van der Waals surface area contributed by atoms with Crippen molar-refractivity contribution in [2.24, 2.45) is 0 Å². The first-order valence-electron chi connectivity index (χ1n) is 14.1. The minimum absolute atomic E-state index is 0.00198. The van der Waals surface area contributed by atoms with Gasteiger partial charge in [-0.2, -0.15) is 0 Å². The van der Waals surface area contributed by atoms with E-state index in [1.807, 2.05) is 60.7 Å². The van der Waals surface area contributed by atoms with Crippen molar-refractivity contribution in [3.63, 3.8) is 0 Å². The van der Waals surface area contributed by atoms with Gasteiger partial charge in [0.1, 0.15) is 17.3 Å². The van der Waals surface area contributed by atoms with Crippen molar-refractivity contribution in [2.45, 2.75) is 89.1 Å². The van der Waals surface area contributed by atoms with Crippen LogP contribution in [0.4, 0.5) is 9.59 Å². The van der Waals surface area contributed by atoms with E-state index in [0.29, 0.717) is 6.42 Å². The molecule has 0 saturated carbocycles. The van der Waals surface area contributed by atoms with E-state index in [9.17, 15) is 30.0 Å². The molecule has 0 unspecified atom stereocenters. The van der Waals surface area contributed by atoms with Gasteiger partial charge in [-0.15, -0.1) is 0 Å². The molecule has 2 aromatic carbocycles. The highest BCUT2D eigenvalue weighted by Gasteiger charge is 2.33. The Kier molecular flexibility index (Phi) is 13.7. The van der Waals surface area contributed by atoms with Crippen LogP contribution < -0.4 is 16.0 Å². The Morgan fingerprint density at radius 3 is 1.50 bits per heavy atom. The summed E-state index contributed by atoms with van der Waals surface area (Å²) in [6.45, 7) is 7.64. The zero-order valence-electron chi connectivity index (χ0n) is 25.1. The molecule has 0 radical (unpaired) electrons. The molecule has 0 aliphatic heterocycles. The normalized spacial score (nSPS) is 15.5. The summed E-state index contributed by atoms with van der Waals surface area (Å²) in [6, 6.07) is 17.2. The largest absolute Gasteiger partial charge is 0.444 e. The Bertz CT molecular complexity index is 1080. The van der Waals surface area contributed by atoms with Gasteiger partial charge >= 0.3 is 12.2 Å². The third kappa shape index (κ3) is 12.7. The summed E-state index contributed by atoms with van der Waals surface area (Å²) >= 11 is 0. The average molecular weight is 590 g/mol. The molecule has 11 heteroatoms. The van der Waals surface area contributed by atoms with Gasteiger partial charge in [0.25, 0.3) is 0 Å². The maximum atomic E-state index is 12.7. The smallest absolute Gasteiger partial charge is 0.408 e. The molecule has 0 spiro atoms. The highest BCUT2D eigenvalue weighted by Crippen LogP contribution is 2.16. The molecule has 234 valence electrons. The summed E-state index contributed by atoms with van der Waals surface area (Å²) in [4.78, 5) is 25.2. The SMILES string of the molecule is CC(C)(C)OC(=O)N[C@@H](Cc1ccccc1)[C@H](O)CNC[C@@H](O)[C@H](Cc1ccccc1)NC(=O)OC(C)(C)[C@@H](O)CO. The molecule has 7 N–H and O–H groups in total. The van der Waals surface area contributed by atoms with Crippen LogP contribution in [0.25, 0.3) is 0 Å². The van der Waals surface area contributed by atoms with Gasteiger partial charge in [-0.05, 0) is 58.6 Å². The summed E-state index contributed by atoms with van der Waals surface area (Å²) in [5.74, 6) is 0. The molecule has 0 heterocycles. The first-order chi connectivity index (χ1) is 19.7. The van der Waals surface area contributed by atoms with E-state index in [-0.39, 0.29) is 19.5 Å². The van der Waals surface area contributed by atoms with Crippen molar-refractivity contribution >= 4 is 12.2 Å². The number of alkyl carbamates (subject to hydrolysis) is 2. The van der Waals surface area contributed by atoms with Crippen molar-refractivity contribution < 1.29 is 39.5 Å². The average Bonchev–Trinajstić information content (AvgIpc) is 2.91. The molecule has 2 rings (SSSR count). The third-order valence-corrected chi connectivity index (χ3v) is 6.57. The van der Waals surface area contributed by atoms with Crippen LogP contribution in [0.3, 0.4) is 0 Å². The van der Waals surface area contributed by atoms with Crippen LogP contribution in [0, 0.1) is 0 Å². The summed E-state index contributed by atoms with van der Waals surface area (Å²) in [5, 5.41) is 49.7. The van der Waals surface area contributed by atoms with Crippen LogP contribution in [-0.4, -0.2) is 93.9 Å². The summed E-state index contributed by atoms with van der Waals surface area (Å²) in [7, 11) is 0. The van der Waals surface area contributed by atoms with E-state index in [4.69, 9.17) is 9.47 Å². The standard InChI is InChI=1S/C31H47N3O8/c1-30(2,3)41-28(39)33-23(16-21-12-8-6-9-13-21)25(36)18-32-19-26(37)24(17-22-14-10-7-11-15-22)34-29(40)42-31(4,5)27(38)20-35/h6-15,23-27,32,35-38H,16-20H2,1-5H3,(H,33,39)(H,34,40)/t23-,24-,25+,26+,27-/m0/s1. The molecule has 2 aromatic rings. The van der Waals surface area contributed by atoms with E-state index in [2.05, 4.69) is 16.0 Å². The second-order valence-corrected chi connectivity index (χ2v) is 11.9. The van der Waals surface area contributed by atoms with Crippen LogP contribution in [0.5, 0.6) is 0 Å². The van der Waals surface area contributed by atoms with Crippen LogP contribution in [0.15, 0.2) is 60.7 Å². The molecule has 11 nitrogen and oxygen atoms in total. The van der Waals surface area contributed by atoms with E-state index in [1.165, 1.54) is 13.8 Å². The van der Waals surface area contributed by atoms with E-state index in [1.54, 1.807) is 20.8 Å². The number of aliphatic hydroxyl groups excluding tert-OH is 4. The molecule has 0 bridgehead atoms. The van der Waals surface area contributed by atoms with Gasteiger partial charge < -0.3 is 45.9 Å². The van der Waals surface area contributed by atoms with Crippen LogP contribution >= 0.6 is 0 Å². The molecule has 42 heavy (non-hydrogen) atoms. The fourth-order valence-electron chi connectivity index (χ4n) is 4.13. The number of carbonyl (C=O) groups excluding carboxylic acids is 2. The van der Waals surface area contributed by atoms with Crippen LogP contribution in [0.1, 0.15) is 45.7 Å². The molecule has 0 fully saturated rings. The Labute approximate surface area is 248 Å². The molecular formula is C31H47N3O8. The molecular weight excluding hydrogens is 542 g/mol. The summed E-state index contributed by atoms with van der Waals surface area (Å²) in [5.41, 5.74) is -0.293. The van der Waals surface area contributed by atoms with Gasteiger partial charge in [0.15, 0.2) is 0 Å². The molecule has 0 aliphatic carbocycles. The Morgan fingerprint density at radius 2 is 1.12 bits per heavy atom. The summed E-state index contributed by atoms with van der Waals surface area (Å²) in [6.07, 6.45) is -4.30. The van der Waals surface area contributed by atoms with Gasteiger partial charge in [0.2, 0.25) is 0 Å². The number of rotatable bonds is 15. The Balaban J connectivity index is 2.06. The van der Waals surface area contributed by atoms with Crippen molar-refractivity contribution in [3.05, 3.63) is 71.8 Å². The molecule has 2 amide bonds. The highest BCUT2D eigenvalue weighted by atomic mass is 16.6. The first-order valence-corrected chi connectivity index (χ1v) is 14.1. The van der Waals surface area contributed by atoms with Gasteiger partial charge in [0, 0.05) is 13.1 Å². The van der Waals surface area contributed by atoms with Gasteiger partial charge in [-0.3, -0.25) is 0 Å². The number of hydrogen-bond donors (Lipinski definition) is 7. The van der Waals surface area contributed by atoms with Crippen molar-refractivity contribution in [3.8, 4) is 0 Å². The lowest BCUT2D eigenvalue weighted by molar-refractivity contribution is -0.0788. The zero-order chi connectivity index (χ0) is 31.3. The molecule has 5 atom stereocenters. The second-order valence-electron chi connectivity index (χ2n) is 11.9. The van der Waals surface area contributed by atoms with Gasteiger partial charge in [-0.1, -0.05) is 60.7 Å². The lowest BCUT2D eigenvalue weighted by Gasteiger charge is -2.31. The Hall–Kier alpha value is -3.22.